The van der Waals surface area contributed by atoms with Gasteiger partial charge in [-0.05, 0) is 30.7 Å². The number of nitrogens with zero attached hydrogens (tertiary/aromatic N) is 6. The number of nitrogens with one attached hydrogen (secondary N) is 2. The standard InChI is InChI=1S/C18H22N8O2S.H2O4S/c1-25(15-13-3-4-19-14(13)20-9-21-15)12-5-10-7-26(8-11(10)6-12)18(27)23-17-22-16(28-2)24-29-17;1-5(2,3)4/h3-4,9-12H,5-8H2,1-2H3,(H,19,20,21)(H,22,23,24,27);(H2,1,2,3,4)/t10-,11+,12+;. The molecule has 16 heteroatoms. The fourth-order valence-electron chi connectivity index (χ4n) is 4.58. The molecule has 2 amide bonds. The molecule has 0 bridgehead atoms. The maximum Gasteiger partial charge on any atom is 0.394 e. The van der Waals surface area contributed by atoms with E-state index in [9.17, 15) is 4.79 Å². The van der Waals surface area contributed by atoms with Crippen molar-refractivity contribution in [2.45, 2.75) is 18.9 Å². The van der Waals surface area contributed by atoms with Crippen LogP contribution in [-0.4, -0.2) is 86.1 Å². The van der Waals surface area contributed by atoms with Gasteiger partial charge in [0.25, 0.3) is 0 Å². The van der Waals surface area contributed by atoms with Gasteiger partial charge >= 0.3 is 22.4 Å². The van der Waals surface area contributed by atoms with Crippen LogP contribution in [0.3, 0.4) is 0 Å². The summed E-state index contributed by atoms with van der Waals surface area (Å²) >= 11 is 1.12. The molecule has 0 spiro atoms. The Labute approximate surface area is 199 Å². The Morgan fingerprint density at radius 3 is 2.59 bits per heavy atom. The summed E-state index contributed by atoms with van der Waals surface area (Å²) in [6.45, 7) is 1.53. The fourth-order valence-corrected chi connectivity index (χ4v) is 5.11. The van der Waals surface area contributed by atoms with Gasteiger partial charge in [0.15, 0.2) is 0 Å². The highest BCUT2D eigenvalue weighted by Crippen LogP contribution is 2.41. The average Bonchev–Trinajstić information content (AvgIpc) is 3.53. The molecule has 1 saturated carbocycles. The summed E-state index contributed by atoms with van der Waals surface area (Å²) in [5.41, 5.74) is 0.858. The van der Waals surface area contributed by atoms with Gasteiger partial charge in [0, 0.05) is 43.9 Å². The van der Waals surface area contributed by atoms with Crippen molar-refractivity contribution in [3.63, 3.8) is 0 Å². The third kappa shape index (κ3) is 5.52. The number of hydrogen-bond acceptors (Lipinski definition) is 10. The predicted molar refractivity (Wildman–Crippen MR) is 124 cm³/mol. The number of methoxy groups -OCH3 is 1. The van der Waals surface area contributed by atoms with Crippen molar-refractivity contribution in [2.24, 2.45) is 11.8 Å². The minimum atomic E-state index is -4.67. The van der Waals surface area contributed by atoms with Gasteiger partial charge in [0.05, 0.1) is 12.5 Å². The van der Waals surface area contributed by atoms with Crippen LogP contribution < -0.4 is 15.0 Å². The first-order chi connectivity index (χ1) is 16.1. The summed E-state index contributed by atoms with van der Waals surface area (Å²) in [5, 5.41) is 4.33. The van der Waals surface area contributed by atoms with Crippen LogP contribution in [0.2, 0.25) is 0 Å². The van der Waals surface area contributed by atoms with E-state index < -0.39 is 10.4 Å². The highest BCUT2D eigenvalue weighted by molar-refractivity contribution is 7.79. The Balaban J connectivity index is 0.000000499. The van der Waals surface area contributed by atoms with E-state index >= 15 is 0 Å². The summed E-state index contributed by atoms with van der Waals surface area (Å²) < 4.78 is 40.6. The molecule has 0 radical (unpaired) electrons. The lowest BCUT2D eigenvalue weighted by molar-refractivity contribution is 0.218. The van der Waals surface area contributed by atoms with Gasteiger partial charge in [-0.15, -0.1) is 4.37 Å². The van der Waals surface area contributed by atoms with Gasteiger partial charge in [-0.1, -0.05) is 0 Å². The van der Waals surface area contributed by atoms with Crippen molar-refractivity contribution in [3.05, 3.63) is 18.6 Å². The van der Waals surface area contributed by atoms with Crippen LogP contribution in [0.4, 0.5) is 15.7 Å². The zero-order chi connectivity index (χ0) is 24.5. The SMILES string of the molecule is COc1nsc(NC(=O)N2C[C@H]3C[C@H](N(C)c4ncnc5[nH]ccc45)C[C@H]3C2)n1.O=S(=O)(O)O. The van der Waals surface area contributed by atoms with E-state index in [0.717, 1.165) is 54.3 Å². The van der Waals surface area contributed by atoms with Gasteiger partial charge < -0.3 is 19.5 Å². The number of ether oxygens (including phenoxy) is 1. The summed E-state index contributed by atoms with van der Waals surface area (Å²) in [5.74, 6) is 1.96. The summed E-state index contributed by atoms with van der Waals surface area (Å²) in [6.07, 6.45) is 5.60. The normalized spacial score (nSPS) is 21.6. The number of fused-ring (bicyclic) bond motifs is 2. The second-order valence-electron chi connectivity index (χ2n) is 8.06. The Hall–Kier alpha value is -3.08. The Morgan fingerprint density at radius 1 is 1.29 bits per heavy atom. The highest BCUT2D eigenvalue weighted by atomic mass is 32.3. The summed E-state index contributed by atoms with van der Waals surface area (Å²) in [4.78, 5) is 32.8. The molecule has 184 valence electrons. The molecule has 1 saturated heterocycles. The molecule has 4 heterocycles. The number of aromatic nitrogens is 5. The van der Waals surface area contributed by atoms with Gasteiger partial charge in [0.2, 0.25) is 5.13 Å². The molecule has 1 aliphatic carbocycles. The topological polar surface area (TPSA) is 187 Å². The van der Waals surface area contributed by atoms with E-state index in [0.29, 0.717) is 23.0 Å². The third-order valence-corrected chi connectivity index (χ3v) is 6.65. The minimum absolute atomic E-state index is 0.118. The third-order valence-electron chi connectivity index (χ3n) is 6.03. The number of carbonyl (C=O) groups is 1. The molecule has 2 fully saturated rings. The quantitative estimate of drug-likeness (QED) is 0.371. The first-order valence-electron chi connectivity index (χ1n) is 10.3. The van der Waals surface area contributed by atoms with Crippen LogP contribution in [0.15, 0.2) is 18.6 Å². The van der Waals surface area contributed by atoms with Crippen molar-refractivity contribution < 1.29 is 27.1 Å². The number of carbonyl (C=O) groups excluding carboxylic acids is 1. The van der Waals surface area contributed by atoms with Gasteiger partial charge in [0.1, 0.15) is 17.8 Å². The maximum atomic E-state index is 12.6. The number of anilines is 2. The van der Waals surface area contributed by atoms with Crippen molar-refractivity contribution in [1.82, 2.24) is 29.2 Å². The van der Waals surface area contributed by atoms with Gasteiger partial charge in [-0.25, -0.2) is 14.8 Å². The molecule has 34 heavy (non-hydrogen) atoms. The van der Waals surface area contributed by atoms with Crippen LogP contribution in [0, 0.1) is 11.8 Å². The van der Waals surface area contributed by atoms with Crippen LogP contribution in [0.25, 0.3) is 11.0 Å². The number of likely N-dealkylation sites (tertiary alicyclic amines) is 1. The van der Waals surface area contributed by atoms with E-state index in [1.807, 2.05) is 17.2 Å². The largest absolute Gasteiger partial charge is 0.466 e. The molecular weight excluding hydrogens is 488 g/mol. The molecule has 14 nitrogen and oxygen atoms in total. The molecular formula is C18H24N8O6S2. The van der Waals surface area contributed by atoms with E-state index in [1.54, 1.807) is 6.33 Å². The van der Waals surface area contributed by atoms with Crippen LogP contribution in [0.1, 0.15) is 12.8 Å². The second kappa shape index (κ2) is 9.65. The predicted octanol–water partition coefficient (Wildman–Crippen LogP) is 1.54. The molecule has 3 aromatic heterocycles. The van der Waals surface area contributed by atoms with Crippen LogP contribution in [-0.2, 0) is 10.4 Å². The highest BCUT2D eigenvalue weighted by Gasteiger charge is 2.44. The molecule has 2 aliphatic rings. The lowest BCUT2D eigenvalue weighted by Gasteiger charge is -2.27. The van der Waals surface area contributed by atoms with E-state index in [4.69, 9.17) is 22.3 Å². The molecule has 1 aliphatic heterocycles. The zero-order valence-corrected chi connectivity index (χ0v) is 20.0. The monoisotopic (exact) mass is 512 g/mol. The molecule has 3 atom stereocenters. The number of aromatic amines is 1. The lowest BCUT2D eigenvalue weighted by atomic mass is 10.0. The van der Waals surface area contributed by atoms with E-state index in [2.05, 4.69) is 41.6 Å². The van der Waals surface area contributed by atoms with Crippen molar-refractivity contribution in [2.75, 3.05) is 37.5 Å². The number of rotatable bonds is 4. The number of urea groups is 1. The Bertz CT molecular complexity index is 1240. The van der Waals surface area contributed by atoms with Crippen LogP contribution in [0.5, 0.6) is 6.01 Å². The van der Waals surface area contributed by atoms with Crippen molar-refractivity contribution >= 4 is 49.9 Å². The van der Waals surface area contributed by atoms with Crippen molar-refractivity contribution in [1.29, 1.82) is 0 Å². The fraction of sp³-hybridized carbons (Fsp3) is 0.500. The smallest absolute Gasteiger partial charge is 0.394 e. The number of H-pyrrole nitrogens is 1. The van der Waals surface area contributed by atoms with Gasteiger partial charge in [-0.2, -0.15) is 13.4 Å². The number of hydrogen-bond donors (Lipinski definition) is 4. The van der Waals surface area contributed by atoms with Gasteiger partial charge in [-0.3, -0.25) is 14.4 Å². The Kier molecular flexibility index (Phi) is 6.83. The van der Waals surface area contributed by atoms with E-state index in [1.165, 1.54) is 7.11 Å². The first-order valence-corrected chi connectivity index (χ1v) is 12.4. The molecule has 5 rings (SSSR count). The zero-order valence-electron chi connectivity index (χ0n) is 18.3. The average molecular weight is 513 g/mol. The molecule has 0 unspecified atom stereocenters. The van der Waals surface area contributed by atoms with Crippen molar-refractivity contribution in [3.8, 4) is 6.01 Å². The summed E-state index contributed by atoms with van der Waals surface area (Å²) in [7, 11) is -1.06. The second-order valence-corrected chi connectivity index (χ2v) is 9.71. The maximum absolute atomic E-state index is 12.6. The molecule has 3 aromatic rings. The lowest BCUT2D eigenvalue weighted by Crippen LogP contribution is -2.36. The van der Waals surface area contributed by atoms with Crippen LogP contribution >= 0.6 is 11.5 Å². The minimum Gasteiger partial charge on any atom is -0.466 e. The number of amides is 2. The van der Waals surface area contributed by atoms with E-state index in [-0.39, 0.29) is 12.0 Å². The molecule has 0 aromatic carbocycles. The molecule has 4 N–H and O–H groups in total. The Morgan fingerprint density at radius 2 is 1.97 bits per heavy atom. The first kappa shape index (κ1) is 24.1. The summed E-state index contributed by atoms with van der Waals surface area (Å²) in [6, 6.07) is 2.59.